The summed E-state index contributed by atoms with van der Waals surface area (Å²) in [6.07, 6.45) is 4.76. The first kappa shape index (κ1) is 26.6. The van der Waals surface area contributed by atoms with Crippen LogP contribution in [0, 0.1) is 0 Å². The minimum Gasteiger partial charge on any atom is -0.466 e. The van der Waals surface area contributed by atoms with Crippen molar-refractivity contribution < 1.29 is 27.8 Å². The van der Waals surface area contributed by atoms with Crippen LogP contribution in [0.4, 0.5) is 0 Å². The molecule has 0 heterocycles. The molecule has 1 aromatic rings. The number of esters is 1. The number of hydrogen-bond donors (Lipinski definition) is 2. The normalized spacial score (nSPS) is 12.6. The van der Waals surface area contributed by atoms with Gasteiger partial charge >= 0.3 is 5.97 Å². The molecule has 0 aliphatic carbocycles. The largest absolute Gasteiger partial charge is 0.466 e. The third-order valence-corrected chi connectivity index (χ3v) is 6.03. The van der Waals surface area contributed by atoms with Crippen LogP contribution in [0.1, 0.15) is 63.9 Å². The summed E-state index contributed by atoms with van der Waals surface area (Å²) in [5, 5.41) is 9.95. The zero-order valence-electron chi connectivity index (χ0n) is 18.1. The van der Waals surface area contributed by atoms with Gasteiger partial charge in [-0.15, -0.1) is 0 Å². The molecule has 8 heteroatoms. The smallest absolute Gasteiger partial charge is 0.305 e. The van der Waals surface area contributed by atoms with Crippen molar-refractivity contribution in [1.29, 1.82) is 0 Å². The molecule has 1 unspecified atom stereocenters. The zero-order chi connectivity index (χ0) is 22.1. The highest BCUT2D eigenvalue weighted by atomic mass is 32.2. The van der Waals surface area contributed by atoms with Gasteiger partial charge in [-0.3, -0.25) is 4.79 Å². The standard InChI is InChI=1S/C22H37NO6S/c1-2-29-22(25)15-8-3-4-10-16-23-30(26,27)17-11-9-14-21(24)19-28-18-20-12-6-5-7-13-20/h5-7,12-13,21,23-24H,2-4,8-11,14-19H2,1H3. The molecule has 172 valence electrons. The molecule has 1 aromatic carbocycles. The van der Waals surface area contributed by atoms with Crippen molar-refractivity contribution in [2.45, 2.75) is 71.0 Å². The Bertz CT molecular complexity index is 665. The van der Waals surface area contributed by atoms with Crippen LogP contribution >= 0.6 is 0 Å². The summed E-state index contributed by atoms with van der Waals surface area (Å²) in [7, 11) is -3.28. The van der Waals surface area contributed by atoms with Crippen molar-refractivity contribution in [2.75, 3.05) is 25.5 Å². The minimum atomic E-state index is -3.28. The lowest BCUT2D eigenvalue weighted by Gasteiger charge is -2.11. The molecule has 0 radical (unpaired) electrons. The minimum absolute atomic E-state index is 0.0629. The molecule has 7 nitrogen and oxygen atoms in total. The second kappa shape index (κ2) is 16.2. The zero-order valence-corrected chi connectivity index (χ0v) is 18.9. The molecule has 0 saturated heterocycles. The summed E-state index contributed by atoms with van der Waals surface area (Å²) in [4.78, 5) is 11.2. The molecule has 0 aromatic heterocycles. The van der Waals surface area contributed by atoms with E-state index in [0.29, 0.717) is 45.4 Å². The number of ether oxygens (including phenoxy) is 2. The maximum atomic E-state index is 12.0. The first-order valence-corrected chi connectivity index (χ1v) is 12.5. The van der Waals surface area contributed by atoms with Crippen molar-refractivity contribution in [3.8, 4) is 0 Å². The molecule has 0 spiro atoms. The number of carbonyl (C=O) groups is 1. The Morgan fingerprint density at radius 2 is 1.80 bits per heavy atom. The highest BCUT2D eigenvalue weighted by molar-refractivity contribution is 7.89. The van der Waals surface area contributed by atoms with E-state index in [9.17, 15) is 18.3 Å². The van der Waals surface area contributed by atoms with Gasteiger partial charge in [0.2, 0.25) is 10.0 Å². The maximum Gasteiger partial charge on any atom is 0.305 e. The Hall–Kier alpha value is -1.48. The van der Waals surface area contributed by atoms with E-state index in [1.165, 1.54) is 0 Å². The quantitative estimate of drug-likeness (QED) is 0.267. The van der Waals surface area contributed by atoms with Crippen LogP contribution in [0.5, 0.6) is 0 Å². The number of sulfonamides is 1. The Morgan fingerprint density at radius 1 is 1.07 bits per heavy atom. The molecule has 0 aliphatic heterocycles. The van der Waals surface area contributed by atoms with E-state index in [2.05, 4.69) is 4.72 Å². The highest BCUT2D eigenvalue weighted by Gasteiger charge is 2.11. The van der Waals surface area contributed by atoms with Gasteiger partial charge in [-0.2, -0.15) is 0 Å². The van der Waals surface area contributed by atoms with Gasteiger partial charge in [0.1, 0.15) is 0 Å². The average Bonchev–Trinajstić information content (AvgIpc) is 2.71. The van der Waals surface area contributed by atoms with Gasteiger partial charge in [-0.25, -0.2) is 13.1 Å². The van der Waals surface area contributed by atoms with Crippen molar-refractivity contribution in [1.82, 2.24) is 4.72 Å². The number of aliphatic hydroxyl groups is 1. The molecule has 0 fully saturated rings. The molecule has 0 aliphatic rings. The van der Waals surface area contributed by atoms with E-state index in [1.807, 2.05) is 30.3 Å². The summed E-state index contributed by atoms with van der Waals surface area (Å²) in [5.41, 5.74) is 1.06. The average molecular weight is 444 g/mol. The fourth-order valence-corrected chi connectivity index (χ4v) is 4.11. The number of nitrogens with one attached hydrogen (secondary N) is 1. The third-order valence-electron chi connectivity index (χ3n) is 4.56. The van der Waals surface area contributed by atoms with E-state index in [0.717, 1.165) is 31.2 Å². The van der Waals surface area contributed by atoms with Gasteiger partial charge in [0.25, 0.3) is 0 Å². The lowest BCUT2D eigenvalue weighted by Crippen LogP contribution is -2.27. The van der Waals surface area contributed by atoms with Crippen molar-refractivity contribution in [3.63, 3.8) is 0 Å². The summed E-state index contributed by atoms with van der Waals surface area (Å²) < 4.78 is 37.0. The first-order valence-electron chi connectivity index (χ1n) is 10.9. The fourth-order valence-electron chi connectivity index (χ4n) is 2.92. The molecule has 0 saturated carbocycles. The Labute approximate surface area is 181 Å². The molecule has 2 N–H and O–H groups in total. The van der Waals surface area contributed by atoms with Crippen molar-refractivity contribution in [3.05, 3.63) is 35.9 Å². The number of hydrogen-bond acceptors (Lipinski definition) is 6. The van der Waals surface area contributed by atoms with Crippen LogP contribution in [0.2, 0.25) is 0 Å². The van der Waals surface area contributed by atoms with E-state index in [1.54, 1.807) is 6.92 Å². The second-order valence-electron chi connectivity index (χ2n) is 7.33. The van der Waals surface area contributed by atoms with Crippen LogP contribution in [-0.4, -0.2) is 51.1 Å². The number of carbonyl (C=O) groups excluding carboxylic acids is 1. The molecular weight excluding hydrogens is 406 g/mol. The lowest BCUT2D eigenvalue weighted by atomic mass is 10.1. The SMILES string of the molecule is CCOC(=O)CCCCCCNS(=O)(=O)CCCCC(O)COCc1ccccc1. The van der Waals surface area contributed by atoms with E-state index < -0.39 is 16.1 Å². The number of benzene rings is 1. The van der Waals surface area contributed by atoms with Gasteiger partial charge in [0.15, 0.2) is 0 Å². The maximum absolute atomic E-state index is 12.0. The molecular formula is C22H37NO6S. The summed E-state index contributed by atoms with van der Waals surface area (Å²) in [5.74, 6) is -0.112. The van der Waals surface area contributed by atoms with Crippen LogP contribution < -0.4 is 4.72 Å². The van der Waals surface area contributed by atoms with Crippen LogP contribution in [-0.2, 0) is 30.9 Å². The predicted molar refractivity (Wildman–Crippen MR) is 117 cm³/mol. The van der Waals surface area contributed by atoms with Gasteiger partial charge < -0.3 is 14.6 Å². The molecule has 1 atom stereocenters. The lowest BCUT2D eigenvalue weighted by molar-refractivity contribution is -0.143. The van der Waals surface area contributed by atoms with E-state index >= 15 is 0 Å². The van der Waals surface area contributed by atoms with Gasteiger partial charge in [-0.05, 0) is 44.6 Å². The predicted octanol–water partition coefficient (Wildman–Crippen LogP) is 3.17. The van der Waals surface area contributed by atoms with Gasteiger partial charge in [0.05, 0.1) is 31.7 Å². The Morgan fingerprint density at radius 3 is 2.53 bits per heavy atom. The summed E-state index contributed by atoms with van der Waals surface area (Å²) >= 11 is 0. The van der Waals surface area contributed by atoms with E-state index in [4.69, 9.17) is 9.47 Å². The summed E-state index contributed by atoms with van der Waals surface area (Å²) in [6.45, 7) is 3.31. The molecule has 0 amide bonds. The number of rotatable bonds is 18. The second-order valence-corrected chi connectivity index (χ2v) is 9.26. The fraction of sp³-hybridized carbons (Fsp3) is 0.682. The van der Waals surface area contributed by atoms with Gasteiger partial charge in [-0.1, -0.05) is 43.2 Å². The van der Waals surface area contributed by atoms with Crippen molar-refractivity contribution in [2.24, 2.45) is 0 Å². The molecule has 0 bridgehead atoms. The number of aliphatic hydroxyl groups excluding tert-OH is 1. The van der Waals surface area contributed by atoms with Crippen molar-refractivity contribution >= 4 is 16.0 Å². The summed E-state index contributed by atoms with van der Waals surface area (Å²) in [6, 6.07) is 9.75. The van der Waals surface area contributed by atoms with Crippen LogP contribution in [0.15, 0.2) is 30.3 Å². The first-order chi connectivity index (χ1) is 14.4. The monoisotopic (exact) mass is 443 g/mol. The van der Waals surface area contributed by atoms with E-state index in [-0.39, 0.29) is 18.3 Å². The van der Waals surface area contributed by atoms with Crippen LogP contribution in [0.25, 0.3) is 0 Å². The third kappa shape index (κ3) is 14.5. The highest BCUT2D eigenvalue weighted by Crippen LogP contribution is 2.07. The Balaban J connectivity index is 1.98. The number of unbranched alkanes of at least 4 members (excludes halogenated alkanes) is 4. The molecule has 30 heavy (non-hydrogen) atoms. The van der Waals surface area contributed by atoms with Crippen LogP contribution in [0.3, 0.4) is 0 Å². The topological polar surface area (TPSA) is 102 Å². The molecule has 1 rings (SSSR count). The van der Waals surface area contributed by atoms with Gasteiger partial charge in [0, 0.05) is 13.0 Å². The Kier molecular flexibility index (Phi) is 14.4.